The predicted molar refractivity (Wildman–Crippen MR) is 115 cm³/mol. The van der Waals surface area contributed by atoms with Gasteiger partial charge in [-0.15, -0.1) is 24.0 Å². The molecule has 0 radical (unpaired) electrons. The molecule has 2 heterocycles. The molecular weight excluding hydrogens is 504 g/mol. The van der Waals surface area contributed by atoms with Crippen LogP contribution in [0.3, 0.4) is 0 Å². The Morgan fingerprint density at radius 3 is 2.86 bits per heavy atom. The van der Waals surface area contributed by atoms with Crippen LogP contribution in [0.15, 0.2) is 17.3 Å². The Bertz CT molecular complexity index is 615. The number of ether oxygens (including phenoxy) is 2. The van der Waals surface area contributed by atoms with Crippen molar-refractivity contribution in [2.24, 2.45) is 4.99 Å². The number of nitrogens with one attached hydrogen (secondary N) is 3. The van der Waals surface area contributed by atoms with E-state index in [1.54, 1.807) is 0 Å². The highest BCUT2D eigenvalue weighted by atomic mass is 127. The number of hydrogen-bond donors (Lipinski definition) is 3. The van der Waals surface area contributed by atoms with Crippen LogP contribution in [0.5, 0.6) is 0 Å². The van der Waals surface area contributed by atoms with Gasteiger partial charge < -0.3 is 25.4 Å². The van der Waals surface area contributed by atoms with Gasteiger partial charge >= 0.3 is 6.18 Å². The minimum Gasteiger partial charge on any atom is -0.379 e. The number of halogens is 4. The second-order valence-electron chi connectivity index (χ2n) is 6.09. The molecule has 1 aromatic rings. The number of rotatable bonds is 10. The molecule has 166 valence electrons. The molecule has 1 aromatic heterocycles. The van der Waals surface area contributed by atoms with Gasteiger partial charge in [-0.1, -0.05) is 0 Å². The number of aromatic nitrogens is 2. The minimum absolute atomic E-state index is 0. The lowest BCUT2D eigenvalue weighted by molar-refractivity contribution is -0.141. The number of guanidine groups is 1. The predicted octanol–water partition coefficient (Wildman–Crippen LogP) is 2.28. The van der Waals surface area contributed by atoms with E-state index in [2.05, 4.69) is 30.9 Å². The molecule has 2 rings (SSSR count). The third-order valence-electron chi connectivity index (χ3n) is 3.80. The second-order valence-corrected chi connectivity index (χ2v) is 6.09. The first-order chi connectivity index (χ1) is 13.5. The van der Waals surface area contributed by atoms with Crippen LogP contribution < -0.4 is 16.0 Å². The van der Waals surface area contributed by atoms with E-state index in [0.717, 1.165) is 31.7 Å². The van der Waals surface area contributed by atoms with Crippen molar-refractivity contribution in [1.82, 2.24) is 20.6 Å². The minimum atomic E-state index is -4.49. The Morgan fingerprint density at radius 1 is 1.34 bits per heavy atom. The van der Waals surface area contributed by atoms with Crippen molar-refractivity contribution in [1.29, 1.82) is 0 Å². The molecule has 1 fully saturated rings. The van der Waals surface area contributed by atoms with Crippen LogP contribution in [0.4, 0.5) is 19.1 Å². The van der Waals surface area contributed by atoms with E-state index in [9.17, 15) is 13.2 Å². The number of nitrogens with zero attached hydrogens (tertiary/aromatic N) is 3. The zero-order chi connectivity index (χ0) is 20.2. The van der Waals surface area contributed by atoms with Crippen LogP contribution in [0.25, 0.3) is 0 Å². The first-order valence-electron chi connectivity index (χ1n) is 9.34. The van der Waals surface area contributed by atoms with Crippen LogP contribution in [-0.2, 0) is 15.7 Å². The van der Waals surface area contributed by atoms with Crippen LogP contribution in [0.2, 0.25) is 0 Å². The highest BCUT2D eigenvalue weighted by molar-refractivity contribution is 14.0. The zero-order valence-corrected chi connectivity index (χ0v) is 18.6. The van der Waals surface area contributed by atoms with Crippen LogP contribution in [-0.4, -0.2) is 68.0 Å². The zero-order valence-electron chi connectivity index (χ0n) is 16.3. The summed E-state index contributed by atoms with van der Waals surface area (Å²) in [7, 11) is 0. The fraction of sp³-hybridized carbons (Fsp3) is 0.706. The van der Waals surface area contributed by atoms with Gasteiger partial charge in [0.05, 0.1) is 12.7 Å². The van der Waals surface area contributed by atoms with E-state index in [1.165, 1.54) is 0 Å². The number of anilines is 1. The topological polar surface area (TPSA) is 92.7 Å². The summed E-state index contributed by atoms with van der Waals surface area (Å²) < 4.78 is 48.9. The summed E-state index contributed by atoms with van der Waals surface area (Å²) in [5.74, 6) is 0.574. The molecule has 1 saturated heterocycles. The van der Waals surface area contributed by atoms with E-state index >= 15 is 0 Å². The highest BCUT2D eigenvalue weighted by Gasteiger charge is 2.32. The lowest BCUT2D eigenvalue weighted by atomic mass is 10.3. The molecule has 1 unspecified atom stereocenters. The van der Waals surface area contributed by atoms with Crippen molar-refractivity contribution in [3.8, 4) is 0 Å². The molecule has 0 bridgehead atoms. The first kappa shape index (κ1) is 25.6. The van der Waals surface area contributed by atoms with Gasteiger partial charge in [-0.2, -0.15) is 13.2 Å². The van der Waals surface area contributed by atoms with Gasteiger partial charge in [-0.25, -0.2) is 9.97 Å². The summed E-state index contributed by atoms with van der Waals surface area (Å²) in [5.41, 5.74) is -0.973. The fourth-order valence-corrected chi connectivity index (χ4v) is 2.45. The molecule has 8 nitrogen and oxygen atoms in total. The quantitative estimate of drug-likeness (QED) is 0.184. The van der Waals surface area contributed by atoms with Crippen molar-refractivity contribution < 1.29 is 22.6 Å². The van der Waals surface area contributed by atoms with E-state index < -0.39 is 11.9 Å². The fourth-order valence-electron chi connectivity index (χ4n) is 2.45. The molecule has 0 aromatic carbocycles. The van der Waals surface area contributed by atoms with Gasteiger partial charge in [0, 0.05) is 45.6 Å². The van der Waals surface area contributed by atoms with Crippen molar-refractivity contribution >= 4 is 35.9 Å². The van der Waals surface area contributed by atoms with Crippen LogP contribution in [0.1, 0.15) is 25.5 Å². The Kier molecular flexibility index (Phi) is 12.1. The van der Waals surface area contributed by atoms with E-state index in [4.69, 9.17) is 9.47 Å². The summed E-state index contributed by atoms with van der Waals surface area (Å²) in [6.45, 7) is 6.10. The summed E-state index contributed by atoms with van der Waals surface area (Å²) in [5, 5.41) is 8.98. The summed E-state index contributed by atoms with van der Waals surface area (Å²) in [6.07, 6.45) is -1.48. The number of alkyl halides is 3. The smallest absolute Gasteiger partial charge is 0.379 e. The summed E-state index contributed by atoms with van der Waals surface area (Å²) in [4.78, 5) is 11.7. The highest BCUT2D eigenvalue weighted by Crippen LogP contribution is 2.27. The third-order valence-corrected chi connectivity index (χ3v) is 3.80. The molecule has 3 N–H and O–H groups in total. The molecule has 0 amide bonds. The van der Waals surface area contributed by atoms with Gasteiger partial charge in [0.25, 0.3) is 0 Å². The largest absolute Gasteiger partial charge is 0.433 e. The van der Waals surface area contributed by atoms with Crippen molar-refractivity contribution in [2.45, 2.75) is 32.0 Å². The normalized spacial score (nSPS) is 17.0. The molecule has 0 aliphatic carbocycles. The monoisotopic (exact) mass is 532 g/mol. The molecule has 1 aliphatic heterocycles. The van der Waals surface area contributed by atoms with Crippen molar-refractivity contribution in [3.05, 3.63) is 18.0 Å². The number of aliphatic imine (C=N–C) groups is 1. The maximum Gasteiger partial charge on any atom is 0.433 e. The maximum atomic E-state index is 12.6. The Morgan fingerprint density at radius 2 is 2.17 bits per heavy atom. The van der Waals surface area contributed by atoms with Gasteiger partial charge in [-0.3, -0.25) is 4.99 Å². The number of hydrogen-bond acceptors (Lipinski definition) is 6. The summed E-state index contributed by atoms with van der Waals surface area (Å²) in [6, 6.07) is 0.836. The van der Waals surface area contributed by atoms with Crippen LogP contribution in [0, 0.1) is 0 Å². The standard InChI is InChI=1S/C17H27F3N6O2.HI/c1-2-21-15(22-6-3-10-28-13-5-11-27-12-13)24-8-9-25-16-23-7-4-14(26-16)17(18,19)20;/h4,7,13H,2-3,5-6,8-12H2,1H3,(H2,21,22,24)(H,23,25,26);1H. The van der Waals surface area contributed by atoms with Gasteiger partial charge in [-0.05, 0) is 25.8 Å². The molecule has 29 heavy (non-hydrogen) atoms. The lowest BCUT2D eigenvalue weighted by Crippen LogP contribution is -2.39. The summed E-state index contributed by atoms with van der Waals surface area (Å²) >= 11 is 0. The molecule has 12 heteroatoms. The molecular formula is C17H28F3IN6O2. The Balaban J connectivity index is 0.00000420. The Labute approximate surface area is 185 Å². The first-order valence-corrected chi connectivity index (χ1v) is 9.34. The van der Waals surface area contributed by atoms with Crippen LogP contribution >= 0.6 is 24.0 Å². The van der Waals surface area contributed by atoms with Crippen molar-refractivity contribution in [2.75, 3.05) is 51.3 Å². The third kappa shape index (κ3) is 10.3. The Hall–Kier alpha value is -1.41. The van der Waals surface area contributed by atoms with E-state index in [1.807, 2.05) is 6.92 Å². The average molecular weight is 532 g/mol. The second kappa shape index (κ2) is 13.7. The molecule has 0 spiro atoms. The van der Waals surface area contributed by atoms with Crippen molar-refractivity contribution in [3.63, 3.8) is 0 Å². The van der Waals surface area contributed by atoms with Gasteiger partial charge in [0.15, 0.2) is 5.96 Å². The van der Waals surface area contributed by atoms with E-state index in [0.29, 0.717) is 45.4 Å². The molecule has 1 atom stereocenters. The molecule has 1 aliphatic rings. The molecule has 0 saturated carbocycles. The average Bonchev–Trinajstić information content (AvgIpc) is 3.18. The maximum absolute atomic E-state index is 12.6. The SMILES string of the molecule is CCNC(=NCCCOC1CCOC1)NCCNc1nccc(C(F)(F)F)n1.I. The van der Waals surface area contributed by atoms with Gasteiger partial charge in [0.2, 0.25) is 5.95 Å². The lowest BCUT2D eigenvalue weighted by Gasteiger charge is -2.13. The van der Waals surface area contributed by atoms with Gasteiger partial charge in [0.1, 0.15) is 5.69 Å². The van der Waals surface area contributed by atoms with E-state index in [-0.39, 0.29) is 36.0 Å².